The molecule has 0 spiro atoms. The van der Waals surface area contributed by atoms with Crippen molar-refractivity contribution in [1.29, 1.82) is 0 Å². The standard InChI is InChI=1S/C21H20N2O4/c1-13(24)26-17-9-5-7-15(11-17)19-21(3,4)20(23-22-19)16-8-6-10-18(12-16)27-14(2)25/h5-12H,1-4H3. The highest BCUT2D eigenvalue weighted by atomic mass is 16.5. The van der Waals surface area contributed by atoms with Gasteiger partial charge in [-0.3, -0.25) is 9.59 Å². The Hall–Kier alpha value is -3.28. The second-order valence-electron chi connectivity index (χ2n) is 6.77. The van der Waals surface area contributed by atoms with Gasteiger partial charge >= 0.3 is 11.9 Å². The molecule has 1 heterocycles. The number of carbonyl (C=O) groups excluding carboxylic acids is 2. The minimum absolute atomic E-state index is 0.376. The third-order valence-electron chi connectivity index (χ3n) is 4.17. The van der Waals surface area contributed by atoms with Gasteiger partial charge in [0.05, 0.1) is 16.8 Å². The van der Waals surface area contributed by atoms with Crippen LogP contribution in [0.3, 0.4) is 0 Å². The summed E-state index contributed by atoms with van der Waals surface area (Å²) in [6.07, 6.45) is 0. The van der Waals surface area contributed by atoms with Crippen LogP contribution in [0.15, 0.2) is 58.7 Å². The Morgan fingerprint density at radius 3 is 1.56 bits per heavy atom. The minimum atomic E-state index is -0.482. The quantitative estimate of drug-likeness (QED) is 0.611. The maximum absolute atomic E-state index is 11.2. The third-order valence-corrected chi connectivity index (χ3v) is 4.17. The molecule has 6 heteroatoms. The molecule has 1 aliphatic heterocycles. The Kier molecular flexibility index (Phi) is 4.90. The lowest BCUT2D eigenvalue weighted by molar-refractivity contribution is -0.132. The Morgan fingerprint density at radius 1 is 0.778 bits per heavy atom. The predicted molar refractivity (Wildman–Crippen MR) is 102 cm³/mol. The van der Waals surface area contributed by atoms with Gasteiger partial charge < -0.3 is 9.47 Å². The monoisotopic (exact) mass is 364 g/mol. The fraction of sp³-hybridized carbons (Fsp3) is 0.238. The Balaban J connectivity index is 1.90. The molecule has 0 radical (unpaired) electrons. The van der Waals surface area contributed by atoms with Crippen molar-refractivity contribution >= 4 is 23.4 Å². The lowest BCUT2D eigenvalue weighted by atomic mass is 9.77. The summed E-state index contributed by atoms with van der Waals surface area (Å²) in [5.41, 5.74) is 2.71. The van der Waals surface area contributed by atoms with Gasteiger partial charge in [0.1, 0.15) is 11.5 Å². The van der Waals surface area contributed by atoms with Gasteiger partial charge in [-0.05, 0) is 38.1 Å². The van der Waals surface area contributed by atoms with Crippen LogP contribution in [0.5, 0.6) is 11.5 Å². The number of carbonyl (C=O) groups is 2. The Bertz CT molecular complexity index is 896. The molecule has 2 aromatic carbocycles. The van der Waals surface area contributed by atoms with E-state index in [1.807, 2.05) is 38.1 Å². The molecule has 0 aromatic heterocycles. The van der Waals surface area contributed by atoms with Gasteiger partial charge in [0.2, 0.25) is 0 Å². The first-order valence-electron chi connectivity index (χ1n) is 8.51. The first kappa shape index (κ1) is 18.5. The van der Waals surface area contributed by atoms with Gasteiger partial charge in [0.15, 0.2) is 0 Å². The highest BCUT2D eigenvalue weighted by molar-refractivity contribution is 6.25. The molecule has 0 amide bonds. The maximum atomic E-state index is 11.2. The van der Waals surface area contributed by atoms with Crippen LogP contribution in [0.4, 0.5) is 0 Å². The summed E-state index contributed by atoms with van der Waals surface area (Å²) in [6, 6.07) is 14.4. The van der Waals surface area contributed by atoms with E-state index in [-0.39, 0.29) is 11.9 Å². The normalized spacial score (nSPS) is 15.0. The highest BCUT2D eigenvalue weighted by Crippen LogP contribution is 2.34. The molecular formula is C21H20N2O4. The fourth-order valence-corrected chi connectivity index (χ4v) is 3.05. The topological polar surface area (TPSA) is 77.3 Å². The van der Waals surface area contributed by atoms with Crippen LogP contribution in [0.2, 0.25) is 0 Å². The van der Waals surface area contributed by atoms with Gasteiger partial charge in [-0.1, -0.05) is 24.3 Å². The van der Waals surface area contributed by atoms with Crippen LogP contribution in [0.1, 0.15) is 38.8 Å². The van der Waals surface area contributed by atoms with Crippen LogP contribution >= 0.6 is 0 Å². The van der Waals surface area contributed by atoms with Gasteiger partial charge in [-0.25, -0.2) is 0 Å². The number of hydrogen-bond donors (Lipinski definition) is 0. The summed E-state index contributed by atoms with van der Waals surface area (Å²) < 4.78 is 10.3. The largest absolute Gasteiger partial charge is 0.427 e. The van der Waals surface area contributed by atoms with Crippen molar-refractivity contribution in [2.45, 2.75) is 27.7 Å². The molecule has 0 fully saturated rings. The van der Waals surface area contributed by atoms with Crippen molar-refractivity contribution in [3.8, 4) is 11.5 Å². The molecule has 6 nitrogen and oxygen atoms in total. The fourth-order valence-electron chi connectivity index (χ4n) is 3.05. The van der Waals surface area contributed by atoms with Crippen molar-refractivity contribution < 1.29 is 19.1 Å². The average Bonchev–Trinajstić information content (AvgIpc) is 2.89. The van der Waals surface area contributed by atoms with Crippen molar-refractivity contribution in [2.24, 2.45) is 15.6 Å². The number of esters is 2. The van der Waals surface area contributed by atoms with E-state index in [0.29, 0.717) is 11.5 Å². The molecule has 3 rings (SSSR count). The molecule has 0 unspecified atom stereocenters. The van der Waals surface area contributed by atoms with Crippen LogP contribution in [-0.2, 0) is 9.59 Å². The predicted octanol–water partition coefficient (Wildman–Crippen LogP) is 3.77. The van der Waals surface area contributed by atoms with Gasteiger partial charge in [-0.15, -0.1) is 0 Å². The molecule has 27 heavy (non-hydrogen) atoms. The molecule has 0 aliphatic carbocycles. The van der Waals surface area contributed by atoms with E-state index in [9.17, 15) is 9.59 Å². The molecule has 0 N–H and O–H groups in total. The molecule has 0 bridgehead atoms. The van der Waals surface area contributed by atoms with Gasteiger partial charge in [0, 0.05) is 25.0 Å². The number of hydrogen-bond acceptors (Lipinski definition) is 6. The molecule has 0 saturated heterocycles. The lowest BCUT2D eigenvalue weighted by Gasteiger charge is -2.23. The average molecular weight is 364 g/mol. The maximum Gasteiger partial charge on any atom is 0.308 e. The van der Waals surface area contributed by atoms with E-state index in [2.05, 4.69) is 10.2 Å². The van der Waals surface area contributed by atoms with Crippen LogP contribution < -0.4 is 9.47 Å². The van der Waals surface area contributed by atoms with Crippen molar-refractivity contribution in [3.63, 3.8) is 0 Å². The summed E-state index contributed by atoms with van der Waals surface area (Å²) >= 11 is 0. The second kappa shape index (κ2) is 7.15. The second-order valence-corrected chi connectivity index (χ2v) is 6.77. The van der Waals surface area contributed by atoms with Crippen LogP contribution in [0.25, 0.3) is 0 Å². The molecule has 138 valence electrons. The van der Waals surface area contributed by atoms with Gasteiger partial charge in [-0.2, -0.15) is 10.2 Å². The van der Waals surface area contributed by atoms with E-state index in [1.54, 1.807) is 24.3 Å². The Morgan fingerprint density at radius 2 is 1.19 bits per heavy atom. The van der Waals surface area contributed by atoms with Crippen molar-refractivity contribution in [3.05, 3.63) is 59.7 Å². The number of nitrogens with zero attached hydrogens (tertiary/aromatic N) is 2. The van der Waals surface area contributed by atoms with E-state index in [0.717, 1.165) is 22.6 Å². The smallest absolute Gasteiger partial charge is 0.308 e. The molecule has 0 saturated carbocycles. The zero-order valence-corrected chi connectivity index (χ0v) is 15.6. The van der Waals surface area contributed by atoms with E-state index < -0.39 is 5.41 Å². The molecule has 2 aromatic rings. The summed E-state index contributed by atoms with van der Waals surface area (Å²) in [4.78, 5) is 22.4. The van der Waals surface area contributed by atoms with Crippen molar-refractivity contribution in [2.75, 3.05) is 0 Å². The summed E-state index contributed by atoms with van der Waals surface area (Å²) in [5, 5.41) is 8.77. The minimum Gasteiger partial charge on any atom is -0.427 e. The highest BCUT2D eigenvalue weighted by Gasteiger charge is 2.37. The van der Waals surface area contributed by atoms with Crippen LogP contribution in [0, 0.1) is 5.41 Å². The van der Waals surface area contributed by atoms with Crippen LogP contribution in [-0.4, -0.2) is 23.4 Å². The third kappa shape index (κ3) is 3.95. The van der Waals surface area contributed by atoms with Gasteiger partial charge in [0.25, 0.3) is 0 Å². The SMILES string of the molecule is CC(=O)Oc1cccc(C2=NN=C(c3cccc(OC(C)=O)c3)C2(C)C)c1. The number of rotatable bonds is 4. The zero-order chi connectivity index (χ0) is 19.6. The summed E-state index contributed by atoms with van der Waals surface area (Å²) in [5.74, 6) is 0.172. The van der Waals surface area contributed by atoms with E-state index in [1.165, 1.54) is 13.8 Å². The number of ether oxygens (including phenoxy) is 2. The van der Waals surface area contributed by atoms with Crippen molar-refractivity contribution in [1.82, 2.24) is 0 Å². The first-order chi connectivity index (χ1) is 12.8. The number of benzene rings is 2. The molecule has 0 atom stereocenters. The molecular weight excluding hydrogens is 344 g/mol. The van der Waals surface area contributed by atoms with E-state index in [4.69, 9.17) is 9.47 Å². The molecule has 1 aliphatic rings. The lowest BCUT2D eigenvalue weighted by Crippen LogP contribution is -2.31. The first-order valence-corrected chi connectivity index (χ1v) is 8.51. The zero-order valence-electron chi connectivity index (χ0n) is 15.6. The summed E-state index contributed by atoms with van der Waals surface area (Å²) in [7, 11) is 0. The summed E-state index contributed by atoms with van der Waals surface area (Å²) in [6.45, 7) is 6.77. The Labute approximate surface area is 157 Å². The van der Waals surface area contributed by atoms with E-state index >= 15 is 0 Å².